The molecule has 1 aliphatic heterocycles. The lowest BCUT2D eigenvalue weighted by Gasteiger charge is -2.28. The second-order valence-electron chi connectivity index (χ2n) is 6.94. The lowest BCUT2D eigenvalue weighted by Crippen LogP contribution is -2.29. The summed E-state index contributed by atoms with van der Waals surface area (Å²) in [4.78, 5) is 19.1. The van der Waals surface area contributed by atoms with Crippen LogP contribution >= 0.6 is 0 Å². The Kier molecular flexibility index (Phi) is 5.56. The average molecular weight is 376 g/mol. The Balaban J connectivity index is 1.37. The highest BCUT2D eigenvalue weighted by atomic mass is 16.3. The number of rotatable bonds is 6. The van der Waals surface area contributed by atoms with Crippen LogP contribution in [0.4, 0.5) is 17.1 Å². The van der Waals surface area contributed by atoms with Crippen LogP contribution in [0, 0.1) is 0 Å². The molecule has 3 aromatic rings. The van der Waals surface area contributed by atoms with Gasteiger partial charge in [0, 0.05) is 36.9 Å². The predicted molar refractivity (Wildman–Crippen MR) is 111 cm³/mol. The number of amides is 1. The second-order valence-corrected chi connectivity index (χ2v) is 6.94. The number of aromatic nitrogens is 1. The van der Waals surface area contributed by atoms with Crippen molar-refractivity contribution >= 4 is 23.0 Å². The highest BCUT2D eigenvalue weighted by Gasteiger charge is 2.12. The molecule has 0 unspecified atom stereocenters. The van der Waals surface area contributed by atoms with Gasteiger partial charge in [-0.1, -0.05) is 0 Å². The minimum absolute atomic E-state index is 0.181. The lowest BCUT2D eigenvalue weighted by atomic mass is 10.1. The van der Waals surface area contributed by atoms with Gasteiger partial charge in [-0.15, -0.1) is 0 Å². The van der Waals surface area contributed by atoms with E-state index in [1.807, 2.05) is 24.3 Å². The molecule has 1 aromatic carbocycles. The van der Waals surface area contributed by atoms with Gasteiger partial charge in [-0.05, 0) is 61.7 Å². The van der Waals surface area contributed by atoms with E-state index in [0.29, 0.717) is 12.1 Å². The summed E-state index contributed by atoms with van der Waals surface area (Å²) in [6.45, 7) is 2.75. The van der Waals surface area contributed by atoms with Gasteiger partial charge < -0.3 is 20.0 Å². The van der Waals surface area contributed by atoms with Crippen molar-refractivity contribution in [1.29, 1.82) is 0 Å². The molecule has 2 N–H and O–H groups in total. The summed E-state index contributed by atoms with van der Waals surface area (Å²) in [6, 6.07) is 13.6. The van der Waals surface area contributed by atoms with Crippen LogP contribution in [-0.2, 0) is 6.54 Å². The van der Waals surface area contributed by atoms with E-state index >= 15 is 0 Å². The molecule has 6 nitrogen and oxygen atoms in total. The molecule has 0 atom stereocenters. The molecule has 2 aromatic heterocycles. The zero-order valence-electron chi connectivity index (χ0n) is 15.7. The first-order valence-electron chi connectivity index (χ1n) is 9.65. The molecule has 0 spiro atoms. The SMILES string of the molecule is O=C(Nc1ccc(N2CCCCC2)cc1)c1cncc(NCc2ccco2)c1. The Hall–Kier alpha value is -3.28. The van der Waals surface area contributed by atoms with Crippen molar-refractivity contribution in [2.75, 3.05) is 28.6 Å². The van der Waals surface area contributed by atoms with Crippen molar-refractivity contribution in [1.82, 2.24) is 4.98 Å². The smallest absolute Gasteiger partial charge is 0.257 e. The number of pyridine rings is 1. The molecule has 0 radical (unpaired) electrons. The third-order valence-electron chi connectivity index (χ3n) is 4.89. The quantitative estimate of drug-likeness (QED) is 0.661. The van der Waals surface area contributed by atoms with Crippen LogP contribution in [0.15, 0.2) is 65.5 Å². The van der Waals surface area contributed by atoms with Gasteiger partial charge in [0.05, 0.1) is 24.1 Å². The molecular weight excluding hydrogens is 352 g/mol. The maximum Gasteiger partial charge on any atom is 0.257 e. The van der Waals surface area contributed by atoms with E-state index in [9.17, 15) is 4.79 Å². The van der Waals surface area contributed by atoms with Crippen molar-refractivity contribution in [3.05, 3.63) is 72.4 Å². The van der Waals surface area contributed by atoms with E-state index in [1.54, 1.807) is 24.7 Å². The van der Waals surface area contributed by atoms with Crippen molar-refractivity contribution < 1.29 is 9.21 Å². The Morgan fingerprint density at radius 3 is 2.61 bits per heavy atom. The zero-order chi connectivity index (χ0) is 19.2. The average Bonchev–Trinajstić information content (AvgIpc) is 3.27. The van der Waals surface area contributed by atoms with Crippen LogP contribution in [0.2, 0.25) is 0 Å². The third-order valence-corrected chi connectivity index (χ3v) is 4.89. The number of benzene rings is 1. The first-order valence-corrected chi connectivity index (χ1v) is 9.65. The fourth-order valence-electron chi connectivity index (χ4n) is 3.37. The number of nitrogens with zero attached hydrogens (tertiary/aromatic N) is 2. The highest BCUT2D eigenvalue weighted by Crippen LogP contribution is 2.22. The number of anilines is 3. The summed E-state index contributed by atoms with van der Waals surface area (Å²) in [5.74, 6) is 0.642. The van der Waals surface area contributed by atoms with Crippen LogP contribution < -0.4 is 15.5 Å². The van der Waals surface area contributed by atoms with Crippen LogP contribution in [-0.4, -0.2) is 24.0 Å². The first-order chi connectivity index (χ1) is 13.8. The number of piperidine rings is 1. The highest BCUT2D eigenvalue weighted by molar-refractivity contribution is 6.04. The maximum atomic E-state index is 12.6. The molecular formula is C22H24N4O2. The van der Waals surface area contributed by atoms with Crippen molar-refractivity contribution in [2.24, 2.45) is 0 Å². The normalized spacial score (nSPS) is 13.9. The Labute approximate surface area is 164 Å². The summed E-state index contributed by atoms with van der Waals surface area (Å²) in [5.41, 5.74) is 3.26. The summed E-state index contributed by atoms with van der Waals surface area (Å²) in [7, 11) is 0. The predicted octanol–water partition coefficient (Wildman–Crippen LogP) is 4.53. The minimum atomic E-state index is -0.181. The molecule has 1 amide bonds. The molecule has 0 bridgehead atoms. The number of carbonyl (C=O) groups excluding carboxylic acids is 1. The molecule has 0 aliphatic carbocycles. The van der Waals surface area contributed by atoms with Crippen LogP contribution in [0.3, 0.4) is 0 Å². The Morgan fingerprint density at radius 2 is 1.86 bits per heavy atom. The molecule has 1 fully saturated rings. The van der Waals surface area contributed by atoms with Crippen molar-refractivity contribution in [2.45, 2.75) is 25.8 Å². The van der Waals surface area contributed by atoms with Gasteiger partial charge in [-0.3, -0.25) is 9.78 Å². The topological polar surface area (TPSA) is 70.4 Å². The monoisotopic (exact) mass is 376 g/mol. The van der Waals surface area contributed by atoms with Crippen molar-refractivity contribution in [3.8, 4) is 0 Å². The molecule has 0 saturated carbocycles. The molecule has 1 aliphatic rings. The Bertz CT molecular complexity index is 901. The summed E-state index contributed by atoms with van der Waals surface area (Å²) >= 11 is 0. The summed E-state index contributed by atoms with van der Waals surface area (Å²) < 4.78 is 5.30. The van der Waals surface area contributed by atoms with Crippen LogP contribution in [0.25, 0.3) is 0 Å². The van der Waals surface area contributed by atoms with Gasteiger partial charge in [0.2, 0.25) is 0 Å². The fraction of sp³-hybridized carbons (Fsp3) is 0.273. The molecule has 1 saturated heterocycles. The number of hydrogen-bond donors (Lipinski definition) is 2. The van der Waals surface area contributed by atoms with Gasteiger partial charge in [-0.25, -0.2) is 0 Å². The van der Waals surface area contributed by atoms with Crippen molar-refractivity contribution in [3.63, 3.8) is 0 Å². The van der Waals surface area contributed by atoms with E-state index in [0.717, 1.165) is 30.2 Å². The molecule has 28 heavy (non-hydrogen) atoms. The summed E-state index contributed by atoms with van der Waals surface area (Å²) in [6.07, 6.45) is 8.69. The van der Waals surface area contributed by atoms with E-state index in [1.165, 1.54) is 24.9 Å². The standard InChI is InChI=1S/C22H24N4O2/c27-22(17-13-19(15-23-14-17)24-16-21-5-4-12-28-21)25-18-6-8-20(9-7-18)26-10-2-1-3-11-26/h4-9,12-15,24H,1-3,10-11,16H2,(H,25,27). The number of nitrogens with one attached hydrogen (secondary N) is 2. The van der Waals surface area contributed by atoms with Gasteiger partial charge >= 0.3 is 0 Å². The fourth-order valence-corrected chi connectivity index (χ4v) is 3.37. The number of furan rings is 1. The third kappa shape index (κ3) is 4.52. The zero-order valence-corrected chi connectivity index (χ0v) is 15.7. The molecule has 6 heteroatoms. The Morgan fingerprint density at radius 1 is 1.04 bits per heavy atom. The first kappa shape index (κ1) is 18.1. The number of hydrogen-bond acceptors (Lipinski definition) is 5. The van der Waals surface area contributed by atoms with Crippen LogP contribution in [0.5, 0.6) is 0 Å². The minimum Gasteiger partial charge on any atom is -0.467 e. The van der Waals surface area contributed by atoms with Gasteiger partial charge in [0.25, 0.3) is 5.91 Å². The molecule has 3 heterocycles. The lowest BCUT2D eigenvalue weighted by molar-refractivity contribution is 0.102. The molecule has 4 rings (SSSR count). The summed E-state index contributed by atoms with van der Waals surface area (Å²) in [5, 5.41) is 6.15. The maximum absolute atomic E-state index is 12.6. The van der Waals surface area contributed by atoms with E-state index in [4.69, 9.17) is 4.42 Å². The van der Waals surface area contributed by atoms with Crippen LogP contribution in [0.1, 0.15) is 35.4 Å². The number of carbonyl (C=O) groups is 1. The second kappa shape index (κ2) is 8.61. The van der Waals surface area contributed by atoms with Gasteiger partial charge in [-0.2, -0.15) is 0 Å². The van der Waals surface area contributed by atoms with E-state index < -0.39 is 0 Å². The van der Waals surface area contributed by atoms with E-state index in [2.05, 4.69) is 32.7 Å². The van der Waals surface area contributed by atoms with Gasteiger partial charge in [0.15, 0.2) is 0 Å². The van der Waals surface area contributed by atoms with E-state index in [-0.39, 0.29) is 5.91 Å². The van der Waals surface area contributed by atoms with Gasteiger partial charge in [0.1, 0.15) is 5.76 Å². The largest absolute Gasteiger partial charge is 0.467 e. The molecule has 144 valence electrons.